The van der Waals surface area contributed by atoms with Gasteiger partial charge in [0, 0.05) is 4.47 Å². The molecule has 0 amide bonds. The summed E-state index contributed by atoms with van der Waals surface area (Å²) >= 11 is 3.09. The first-order valence-corrected chi connectivity index (χ1v) is 7.98. The van der Waals surface area contributed by atoms with Crippen LogP contribution in [0.15, 0.2) is 45.8 Å². The molecular weight excluding hydrogens is 368 g/mol. The fourth-order valence-electron chi connectivity index (χ4n) is 1.68. The molecule has 21 heavy (non-hydrogen) atoms. The molecule has 0 spiro atoms. The van der Waals surface area contributed by atoms with Gasteiger partial charge < -0.3 is 5.11 Å². The molecule has 0 atom stereocenters. The highest BCUT2D eigenvalue weighted by molar-refractivity contribution is 9.10. The normalized spacial score (nSPS) is 11.4. The molecule has 2 rings (SSSR count). The van der Waals surface area contributed by atoms with Gasteiger partial charge in [-0.3, -0.25) is 4.72 Å². The number of rotatable bonds is 4. The van der Waals surface area contributed by atoms with E-state index in [0.29, 0.717) is 4.47 Å². The van der Waals surface area contributed by atoms with Crippen LogP contribution in [0.3, 0.4) is 0 Å². The molecule has 0 fully saturated rings. The van der Waals surface area contributed by atoms with Crippen LogP contribution in [0.5, 0.6) is 0 Å². The summed E-state index contributed by atoms with van der Waals surface area (Å²) in [6.45, 7) is -0.569. The number of benzene rings is 2. The van der Waals surface area contributed by atoms with E-state index in [-0.39, 0.29) is 11.3 Å². The average molecular weight is 378 g/mol. The van der Waals surface area contributed by atoms with Crippen LogP contribution in [-0.2, 0) is 16.6 Å². The van der Waals surface area contributed by atoms with Crippen molar-refractivity contribution in [2.45, 2.75) is 11.5 Å². The molecule has 0 unspecified atom stereocenters. The van der Waals surface area contributed by atoms with Gasteiger partial charge in [-0.15, -0.1) is 0 Å². The third-order valence-electron chi connectivity index (χ3n) is 2.66. The molecular formula is C13H10BrF2NO3S. The number of aliphatic hydroxyl groups excluding tert-OH is 1. The van der Waals surface area contributed by atoms with E-state index in [1.54, 1.807) is 0 Å². The Kier molecular flexibility index (Phi) is 4.60. The van der Waals surface area contributed by atoms with Crippen LogP contribution < -0.4 is 4.72 Å². The predicted molar refractivity (Wildman–Crippen MR) is 77.2 cm³/mol. The summed E-state index contributed by atoms with van der Waals surface area (Å²) < 4.78 is 53.4. The van der Waals surface area contributed by atoms with Crippen molar-refractivity contribution in [3.8, 4) is 0 Å². The number of hydrogen-bond donors (Lipinski definition) is 2. The molecule has 8 heteroatoms. The molecule has 4 nitrogen and oxygen atoms in total. The van der Waals surface area contributed by atoms with E-state index in [4.69, 9.17) is 5.11 Å². The topological polar surface area (TPSA) is 66.4 Å². The Labute approximate surface area is 128 Å². The second-order valence-corrected chi connectivity index (χ2v) is 6.64. The molecule has 0 aliphatic carbocycles. The van der Waals surface area contributed by atoms with E-state index in [1.807, 2.05) is 0 Å². The predicted octanol–water partition coefficient (Wildman–Crippen LogP) is 3.02. The zero-order chi connectivity index (χ0) is 15.6. The number of aliphatic hydroxyl groups is 1. The molecule has 112 valence electrons. The maximum atomic E-state index is 13.3. The van der Waals surface area contributed by atoms with Gasteiger partial charge in [0.1, 0.15) is 11.6 Å². The number of halogens is 3. The van der Waals surface area contributed by atoms with E-state index in [0.717, 1.165) is 24.3 Å². The summed E-state index contributed by atoms with van der Waals surface area (Å²) in [6.07, 6.45) is 0. The zero-order valence-electron chi connectivity index (χ0n) is 10.5. The summed E-state index contributed by atoms with van der Waals surface area (Å²) in [5.74, 6) is -1.39. The fourth-order valence-corrected chi connectivity index (χ4v) is 3.48. The Morgan fingerprint density at radius 1 is 1.10 bits per heavy atom. The Hall–Kier alpha value is -1.51. The van der Waals surface area contributed by atoms with Gasteiger partial charge in [-0.1, -0.05) is 6.07 Å². The van der Waals surface area contributed by atoms with Crippen molar-refractivity contribution >= 4 is 31.6 Å². The van der Waals surface area contributed by atoms with Crippen LogP contribution in [0.2, 0.25) is 0 Å². The van der Waals surface area contributed by atoms with Crippen LogP contribution in [0.1, 0.15) is 5.56 Å². The van der Waals surface area contributed by atoms with Gasteiger partial charge in [0.15, 0.2) is 0 Å². The van der Waals surface area contributed by atoms with Crippen molar-refractivity contribution in [2.75, 3.05) is 4.72 Å². The summed E-state index contributed by atoms with van der Waals surface area (Å²) in [6, 6.07) is 6.49. The van der Waals surface area contributed by atoms with Gasteiger partial charge in [-0.25, -0.2) is 17.2 Å². The van der Waals surface area contributed by atoms with Crippen molar-refractivity contribution < 1.29 is 22.3 Å². The van der Waals surface area contributed by atoms with E-state index in [2.05, 4.69) is 20.7 Å². The Bertz CT molecular complexity index is 781. The average Bonchev–Trinajstić information content (AvgIpc) is 2.42. The lowest BCUT2D eigenvalue weighted by Crippen LogP contribution is -2.16. The lowest BCUT2D eigenvalue weighted by molar-refractivity contribution is 0.278. The van der Waals surface area contributed by atoms with Crippen molar-refractivity contribution in [3.63, 3.8) is 0 Å². The van der Waals surface area contributed by atoms with Crippen LogP contribution in [0.4, 0.5) is 14.5 Å². The van der Waals surface area contributed by atoms with Crippen molar-refractivity contribution in [3.05, 3.63) is 58.1 Å². The minimum atomic E-state index is -4.16. The van der Waals surface area contributed by atoms with Gasteiger partial charge in [0.2, 0.25) is 0 Å². The maximum Gasteiger partial charge on any atom is 0.262 e. The molecule has 0 heterocycles. The second kappa shape index (κ2) is 6.08. The van der Waals surface area contributed by atoms with Crippen LogP contribution >= 0.6 is 15.9 Å². The lowest BCUT2D eigenvalue weighted by Gasteiger charge is -2.12. The van der Waals surface area contributed by atoms with Crippen molar-refractivity contribution in [1.29, 1.82) is 0 Å². The molecule has 0 aliphatic rings. The van der Waals surface area contributed by atoms with E-state index in [1.165, 1.54) is 12.1 Å². The highest BCUT2D eigenvalue weighted by Crippen LogP contribution is 2.27. The first-order chi connectivity index (χ1) is 9.83. The standard InChI is InChI=1S/C13H10BrF2NO3S/c14-11-4-3-9(15)5-12(11)17-21(19,20)13-6-10(16)2-1-8(13)7-18/h1-6,17-18H,7H2. The van der Waals surface area contributed by atoms with Gasteiger partial charge in [-0.05, 0) is 51.8 Å². The monoisotopic (exact) mass is 377 g/mol. The molecule has 0 bridgehead atoms. The highest BCUT2D eigenvalue weighted by Gasteiger charge is 2.20. The van der Waals surface area contributed by atoms with Crippen molar-refractivity contribution in [2.24, 2.45) is 0 Å². The number of nitrogens with one attached hydrogen (secondary N) is 1. The second-order valence-electron chi connectivity index (χ2n) is 4.14. The van der Waals surface area contributed by atoms with Gasteiger partial charge in [-0.2, -0.15) is 0 Å². The van der Waals surface area contributed by atoms with E-state index < -0.39 is 33.2 Å². The summed E-state index contributed by atoms with van der Waals surface area (Å²) in [5, 5.41) is 9.15. The quantitative estimate of drug-likeness (QED) is 0.860. The summed E-state index contributed by atoms with van der Waals surface area (Å²) in [5.41, 5.74) is 0.0135. The largest absolute Gasteiger partial charge is 0.392 e. The first kappa shape index (κ1) is 15.9. The summed E-state index contributed by atoms with van der Waals surface area (Å²) in [4.78, 5) is -0.402. The maximum absolute atomic E-state index is 13.3. The molecule has 0 saturated heterocycles. The molecule has 2 aromatic rings. The van der Waals surface area contributed by atoms with Crippen LogP contribution in [0, 0.1) is 11.6 Å². The zero-order valence-corrected chi connectivity index (χ0v) is 12.9. The first-order valence-electron chi connectivity index (χ1n) is 5.70. The molecule has 2 aromatic carbocycles. The van der Waals surface area contributed by atoms with Gasteiger partial charge >= 0.3 is 0 Å². The van der Waals surface area contributed by atoms with Crippen LogP contribution in [0.25, 0.3) is 0 Å². The fraction of sp³-hybridized carbons (Fsp3) is 0.0769. The van der Waals surface area contributed by atoms with E-state index in [9.17, 15) is 17.2 Å². The smallest absolute Gasteiger partial charge is 0.262 e. The Morgan fingerprint density at radius 3 is 2.38 bits per heavy atom. The van der Waals surface area contributed by atoms with Crippen LogP contribution in [-0.4, -0.2) is 13.5 Å². The molecule has 0 radical (unpaired) electrons. The highest BCUT2D eigenvalue weighted by atomic mass is 79.9. The van der Waals surface area contributed by atoms with Crippen molar-refractivity contribution in [1.82, 2.24) is 0 Å². The third kappa shape index (κ3) is 3.58. The van der Waals surface area contributed by atoms with E-state index >= 15 is 0 Å². The third-order valence-corrected chi connectivity index (χ3v) is 4.80. The number of hydrogen-bond acceptors (Lipinski definition) is 3. The minimum absolute atomic E-state index is 0.0249. The SMILES string of the molecule is O=S(=O)(Nc1cc(F)ccc1Br)c1cc(F)ccc1CO. The summed E-state index contributed by atoms with van der Waals surface area (Å²) in [7, 11) is -4.16. The molecule has 0 aromatic heterocycles. The Balaban J connectivity index is 2.48. The van der Waals surface area contributed by atoms with Gasteiger partial charge in [0.05, 0.1) is 17.2 Å². The Morgan fingerprint density at radius 2 is 1.71 bits per heavy atom. The lowest BCUT2D eigenvalue weighted by atomic mass is 10.2. The molecule has 0 saturated carbocycles. The molecule has 0 aliphatic heterocycles. The van der Waals surface area contributed by atoms with Gasteiger partial charge in [0.25, 0.3) is 10.0 Å². The number of anilines is 1. The minimum Gasteiger partial charge on any atom is -0.392 e. The molecule has 2 N–H and O–H groups in total. The number of sulfonamides is 1.